The molecule has 0 aromatic rings. The Kier molecular flexibility index (Phi) is 6.50. The first-order valence-electron chi connectivity index (χ1n) is 6.93. The van der Waals surface area contributed by atoms with Crippen LogP contribution in [0.25, 0.3) is 0 Å². The Bertz CT molecular complexity index is 261. The Hall–Kier alpha value is -0.220. The molecule has 3 nitrogen and oxygen atoms in total. The summed E-state index contributed by atoms with van der Waals surface area (Å²) in [5.41, 5.74) is 0. The number of thioether (sulfide) groups is 1. The van der Waals surface area contributed by atoms with Crippen molar-refractivity contribution in [3.8, 4) is 0 Å². The van der Waals surface area contributed by atoms with E-state index >= 15 is 0 Å². The third-order valence-corrected chi connectivity index (χ3v) is 5.23. The molecule has 1 atom stereocenters. The van der Waals surface area contributed by atoms with Crippen molar-refractivity contribution in [2.75, 3.05) is 40.0 Å². The van der Waals surface area contributed by atoms with Gasteiger partial charge in [-0.05, 0) is 38.9 Å². The Labute approximate surface area is 116 Å². The van der Waals surface area contributed by atoms with Crippen molar-refractivity contribution in [3.05, 3.63) is 0 Å². The van der Waals surface area contributed by atoms with Crippen LogP contribution in [0.4, 0.5) is 0 Å². The van der Waals surface area contributed by atoms with Gasteiger partial charge in [-0.2, -0.15) is 11.8 Å². The van der Waals surface area contributed by atoms with Crippen molar-refractivity contribution >= 4 is 17.7 Å². The Morgan fingerprint density at radius 2 is 1.89 bits per heavy atom. The molecule has 0 radical (unpaired) electrons. The van der Waals surface area contributed by atoms with E-state index in [9.17, 15) is 4.79 Å². The summed E-state index contributed by atoms with van der Waals surface area (Å²) < 4.78 is 0. The van der Waals surface area contributed by atoms with Gasteiger partial charge in [0.2, 0.25) is 5.91 Å². The van der Waals surface area contributed by atoms with Crippen molar-refractivity contribution in [2.45, 2.75) is 31.9 Å². The van der Waals surface area contributed by atoms with E-state index in [0.717, 1.165) is 11.0 Å². The molecule has 4 heteroatoms. The molecular weight excluding hydrogens is 244 g/mol. The lowest BCUT2D eigenvalue weighted by Gasteiger charge is -2.30. The van der Waals surface area contributed by atoms with Crippen LogP contribution in [-0.4, -0.2) is 60.9 Å². The Balaban J connectivity index is 2.40. The highest BCUT2D eigenvalue weighted by Gasteiger charge is 2.26. The minimum Gasteiger partial charge on any atom is -0.349 e. The maximum atomic E-state index is 12.1. The Morgan fingerprint density at radius 1 is 1.33 bits per heavy atom. The lowest BCUT2D eigenvalue weighted by atomic mass is 9.97. The van der Waals surface area contributed by atoms with Crippen LogP contribution in [0.15, 0.2) is 0 Å². The van der Waals surface area contributed by atoms with Gasteiger partial charge in [-0.3, -0.25) is 4.79 Å². The quantitative estimate of drug-likeness (QED) is 0.766. The average molecular weight is 272 g/mol. The zero-order chi connectivity index (χ0) is 13.7. The van der Waals surface area contributed by atoms with Gasteiger partial charge in [-0.1, -0.05) is 13.8 Å². The number of rotatable bonds is 5. The second kappa shape index (κ2) is 7.39. The summed E-state index contributed by atoms with van der Waals surface area (Å²) in [5, 5.41) is 0.748. The van der Waals surface area contributed by atoms with Gasteiger partial charge in [0.1, 0.15) is 0 Å². The fraction of sp³-hybridized carbons (Fsp3) is 0.929. The normalized spacial score (nSPS) is 20.1. The van der Waals surface area contributed by atoms with Gasteiger partial charge in [0.05, 0.1) is 0 Å². The van der Waals surface area contributed by atoms with Crippen LogP contribution in [-0.2, 0) is 4.79 Å². The van der Waals surface area contributed by atoms with Crippen LogP contribution in [0.2, 0.25) is 0 Å². The molecule has 1 heterocycles. The lowest BCUT2D eigenvalue weighted by molar-refractivity contribution is -0.133. The van der Waals surface area contributed by atoms with E-state index in [2.05, 4.69) is 25.8 Å². The average Bonchev–Trinajstić information content (AvgIpc) is 2.31. The molecule has 0 unspecified atom stereocenters. The van der Waals surface area contributed by atoms with Crippen molar-refractivity contribution in [3.63, 3.8) is 0 Å². The molecule has 0 aliphatic carbocycles. The van der Waals surface area contributed by atoms with Gasteiger partial charge in [-0.25, -0.2) is 0 Å². The number of nitrogens with zero attached hydrogens (tertiary/aromatic N) is 2. The third kappa shape index (κ3) is 4.81. The first kappa shape index (κ1) is 15.8. The summed E-state index contributed by atoms with van der Waals surface area (Å²) in [4.78, 5) is 16.2. The fourth-order valence-corrected chi connectivity index (χ4v) is 3.82. The number of hydrogen-bond acceptors (Lipinski definition) is 3. The summed E-state index contributed by atoms with van der Waals surface area (Å²) in [6.07, 6.45) is 2.53. The smallest absolute Gasteiger partial charge is 0.226 e. The van der Waals surface area contributed by atoms with E-state index in [1.165, 1.54) is 25.9 Å². The highest BCUT2D eigenvalue weighted by atomic mass is 32.2. The molecule has 0 bridgehead atoms. The number of hydrogen-bond donors (Lipinski definition) is 0. The third-order valence-electron chi connectivity index (χ3n) is 3.74. The van der Waals surface area contributed by atoms with Crippen LogP contribution in [0.3, 0.4) is 0 Å². The first-order chi connectivity index (χ1) is 8.41. The summed E-state index contributed by atoms with van der Waals surface area (Å²) in [6.45, 7) is 6.71. The number of piperidine rings is 1. The zero-order valence-corrected chi connectivity index (χ0v) is 13.3. The second-order valence-electron chi connectivity index (χ2n) is 5.92. The molecule has 18 heavy (non-hydrogen) atoms. The van der Waals surface area contributed by atoms with Gasteiger partial charge >= 0.3 is 0 Å². The van der Waals surface area contributed by atoms with Crippen LogP contribution in [0.5, 0.6) is 0 Å². The van der Waals surface area contributed by atoms with Crippen molar-refractivity contribution in [2.24, 2.45) is 11.8 Å². The predicted octanol–water partition coefficient (Wildman–Crippen LogP) is 2.17. The molecule has 1 saturated heterocycles. The van der Waals surface area contributed by atoms with Crippen LogP contribution < -0.4 is 0 Å². The van der Waals surface area contributed by atoms with Crippen molar-refractivity contribution in [1.82, 2.24) is 9.80 Å². The highest BCUT2D eigenvalue weighted by molar-refractivity contribution is 7.99. The van der Waals surface area contributed by atoms with Crippen LogP contribution in [0, 0.1) is 11.8 Å². The molecule has 1 aliphatic heterocycles. The molecule has 1 amide bonds. The largest absolute Gasteiger partial charge is 0.349 e. The molecule has 0 N–H and O–H groups in total. The molecule has 1 fully saturated rings. The number of carbonyl (C=O) groups is 1. The number of likely N-dealkylation sites (tertiary alicyclic amines) is 1. The van der Waals surface area contributed by atoms with E-state index in [4.69, 9.17) is 0 Å². The molecule has 0 saturated carbocycles. The predicted molar refractivity (Wildman–Crippen MR) is 80.0 cm³/mol. The standard InChI is InChI=1S/C14H28N2OS/c1-11(2)13(14(17)15(3)4)10-18-12-6-8-16(5)9-7-12/h11-13H,6-10H2,1-5H3/t13-/m0/s1. The number of amides is 1. The second-order valence-corrected chi connectivity index (χ2v) is 7.25. The van der Waals surface area contributed by atoms with E-state index in [1.54, 1.807) is 4.90 Å². The maximum absolute atomic E-state index is 12.1. The maximum Gasteiger partial charge on any atom is 0.226 e. The minimum absolute atomic E-state index is 0.171. The number of carbonyl (C=O) groups excluding carboxylic acids is 1. The highest BCUT2D eigenvalue weighted by Crippen LogP contribution is 2.27. The fourth-order valence-electron chi connectivity index (χ4n) is 2.27. The molecule has 1 rings (SSSR count). The summed E-state index contributed by atoms with van der Waals surface area (Å²) in [6, 6.07) is 0. The molecule has 0 aromatic heterocycles. The van der Waals surface area contributed by atoms with E-state index in [-0.39, 0.29) is 11.8 Å². The van der Waals surface area contributed by atoms with Crippen molar-refractivity contribution in [1.29, 1.82) is 0 Å². The van der Waals surface area contributed by atoms with E-state index in [1.807, 2.05) is 25.9 Å². The van der Waals surface area contributed by atoms with Crippen LogP contribution >= 0.6 is 11.8 Å². The first-order valence-corrected chi connectivity index (χ1v) is 7.98. The van der Waals surface area contributed by atoms with Gasteiger partial charge < -0.3 is 9.80 Å². The molecule has 1 aliphatic rings. The van der Waals surface area contributed by atoms with Gasteiger partial charge in [-0.15, -0.1) is 0 Å². The molecule has 0 aromatic carbocycles. The molecule has 106 valence electrons. The van der Waals surface area contributed by atoms with Crippen molar-refractivity contribution < 1.29 is 4.79 Å². The van der Waals surface area contributed by atoms with Gasteiger partial charge in [0.25, 0.3) is 0 Å². The lowest BCUT2D eigenvalue weighted by Crippen LogP contribution is -2.36. The van der Waals surface area contributed by atoms with Gasteiger partial charge in [0.15, 0.2) is 0 Å². The van der Waals surface area contributed by atoms with Gasteiger partial charge in [0, 0.05) is 31.0 Å². The molecule has 0 spiro atoms. The van der Waals surface area contributed by atoms with Crippen LogP contribution in [0.1, 0.15) is 26.7 Å². The molecular formula is C14H28N2OS. The van der Waals surface area contributed by atoms with E-state index in [0.29, 0.717) is 5.92 Å². The monoisotopic (exact) mass is 272 g/mol. The summed E-state index contributed by atoms with van der Waals surface area (Å²) >= 11 is 2.01. The zero-order valence-electron chi connectivity index (χ0n) is 12.5. The minimum atomic E-state index is 0.171. The summed E-state index contributed by atoms with van der Waals surface area (Å²) in [7, 11) is 5.91. The Morgan fingerprint density at radius 3 is 2.33 bits per heavy atom. The van der Waals surface area contributed by atoms with E-state index < -0.39 is 0 Å². The topological polar surface area (TPSA) is 23.6 Å². The summed E-state index contributed by atoms with van der Waals surface area (Å²) in [5.74, 6) is 1.86. The SMILES string of the molecule is CC(C)[C@H](CSC1CCN(C)CC1)C(=O)N(C)C.